The molecule has 0 aromatic carbocycles. The van der Waals surface area contributed by atoms with Crippen LogP contribution in [-0.2, 0) is 4.57 Å². The summed E-state index contributed by atoms with van der Waals surface area (Å²) >= 11 is 0. The van der Waals surface area contributed by atoms with Gasteiger partial charge in [-0.2, -0.15) is 0 Å². The van der Waals surface area contributed by atoms with Gasteiger partial charge < -0.3 is 19.6 Å². The minimum absolute atomic E-state index is 0.552. The molecule has 0 saturated heterocycles. The molecule has 16 heavy (non-hydrogen) atoms. The fraction of sp³-hybridized carbons (Fsp3) is 0.800. The number of hydrogen-bond acceptors (Lipinski definition) is 3. The van der Waals surface area contributed by atoms with E-state index >= 15 is 0 Å². The first-order chi connectivity index (χ1) is 7.45. The predicted molar refractivity (Wildman–Crippen MR) is 63.6 cm³/mol. The zero-order valence-electron chi connectivity index (χ0n) is 9.91. The van der Waals surface area contributed by atoms with E-state index in [1.165, 1.54) is 0 Å². The minimum atomic E-state index is -4.04. The van der Waals surface area contributed by atoms with E-state index in [0.29, 0.717) is 13.1 Å². The molecule has 0 aliphatic carbocycles. The van der Waals surface area contributed by atoms with Gasteiger partial charge in [0.1, 0.15) is 5.78 Å². The normalized spacial score (nSPS) is 18.2. The average Bonchev–Trinajstić information content (AvgIpc) is 2.57. The third-order valence-electron chi connectivity index (χ3n) is 2.74. The first kappa shape index (κ1) is 13.6. The molecule has 1 atom stereocenters. The standard InChI is InChI=1S/C10H21N2O3P/c1-3-4-5-6-10(16(13,14)15)12-8-7-11(2)9-12/h7-8,10H,3-6,9H2,1-2H3,(H2,13,14,15). The van der Waals surface area contributed by atoms with E-state index in [4.69, 9.17) is 0 Å². The Morgan fingerprint density at radius 1 is 1.38 bits per heavy atom. The molecule has 6 heteroatoms. The van der Waals surface area contributed by atoms with Crippen molar-refractivity contribution in [2.45, 2.75) is 38.4 Å². The smallest absolute Gasteiger partial charge is 0.347 e. The fourth-order valence-corrected chi connectivity index (χ4v) is 2.90. The van der Waals surface area contributed by atoms with Crippen molar-refractivity contribution in [3.8, 4) is 0 Å². The molecule has 2 N–H and O–H groups in total. The number of hydrogen-bond donors (Lipinski definition) is 2. The molecule has 0 aromatic heterocycles. The zero-order chi connectivity index (χ0) is 12.2. The maximum Gasteiger partial charge on any atom is 0.347 e. The Morgan fingerprint density at radius 3 is 2.50 bits per heavy atom. The first-order valence-electron chi connectivity index (χ1n) is 5.64. The Morgan fingerprint density at radius 2 is 2.06 bits per heavy atom. The molecular formula is C10H21N2O3P. The summed E-state index contributed by atoms with van der Waals surface area (Å²) in [6.45, 7) is 2.64. The van der Waals surface area contributed by atoms with Crippen molar-refractivity contribution in [1.82, 2.24) is 9.80 Å². The van der Waals surface area contributed by atoms with Gasteiger partial charge in [0.15, 0.2) is 0 Å². The molecule has 0 aromatic rings. The van der Waals surface area contributed by atoms with E-state index in [1.54, 1.807) is 11.1 Å². The number of unbranched alkanes of at least 4 members (excludes halogenated alkanes) is 2. The lowest BCUT2D eigenvalue weighted by molar-refractivity contribution is 0.229. The van der Waals surface area contributed by atoms with E-state index < -0.39 is 13.4 Å². The monoisotopic (exact) mass is 248 g/mol. The maximum atomic E-state index is 11.4. The molecular weight excluding hydrogens is 227 g/mol. The molecule has 0 saturated carbocycles. The summed E-state index contributed by atoms with van der Waals surface area (Å²) in [5.41, 5.74) is 0. The summed E-state index contributed by atoms with van der Waals surface area (Å²) < 4.78 is 11.4. The number of nitrogens with zero attached hydrogens (tertiary/aromatic N) is 2. The largest absolute Gasteiger partial charge is 0.362 e. The second-order valence-electron chi connectivity index (χ2n) is 4.28. The van der Waals surface area contributed by atoms with Gasteiger partial charge in [0.25, 0.3) is 0 Å². The van der Waals surface area contributed by atoms with E-state index in [9.17, 15) is 14.4 Å². The molecule has 1 aliphatic heterocycles. The molecule has 0 fully saturated rings. The second kappa shape index (κ2) is 5.71. The number of rotatable bonds is 6. The van der Waals surface area contributed by atoms with Crippen LogP contribution in [0.1, 0.15) is 32.6 Å². The Labute approximate surface area is 96.9 Å². The molecule has 1 aliphatic rings. The summed E-state index contributed by atoms with van der Waals surface area (Å²) in [4.78, 5) is 22.3. The van der Waals surface area contributed by atoms with Gasteiger partial charge in [-0.05, 0) is 6.42 Å². The first-order valence-corrected chi connectivity index (χ1v) is 7.33. The second-order valence-corrected chi connectivity index (χ2v) is 6.05. The topological polar surface area (TPSA) is 64.0 Å². The Balaban J connectivity index is 2.58. The van der Waals surface area contributed by atoms with E-state index in [-0.39, 0.29) is 0 Å². The van der Waals surface area contributed by atoms with Crippen molar-refractivity contribution in [3.63, 3.8) is 0 Å². The van der Waals surface area contributed by atoms with Gasteiger partial charge in [-0.25, -0.2) is 0 Å². The van der Waals surface area contributed by atoms with Crippen LogP contribution in [0.2, 0.25) is 0 Å². The molecule has 0 radical (unpaired) electrons. The third-order valence-corrected chi connectivity index (χ3v) is 4.07. The van der Waals surface area contributed by atoms with Crippen LogP contribution in [0.5, 0.6) is 0 Å². The lowest BCUT2D eigenvalue weighted by Gasteiger charge is -2.29. The Hall–Kier alpha value is -0.510. The van der Waals surface area contributed by atoms with Crippen LogP contribution in [0, 0.1) is 0 Å². The highest BCUT2D eigenvalue weighted by atomic mass is 31.2. The molecule has 1 unspecified atom stereocenters. The van der Waals surface area contributed by atoms with Crippen molar-refractivity contribution in [2.24, 2.45) is 0 Å². The molecule has 1 rings (SSSR count). The summed E-state index contributed by atoms with van der Waals surface area (Å²) in [6, 6.07) is 0. The van der Waals surface area contributed by atoms with Gasteiger partial charge in [0, 0.05) is 19.4 Å². The van der Waals surface area contributed by atoms with Crippen LogP contribution in [0.25, 0.3) is 0 Å². The summed E-state index contributed by atoms with van der Waals surface area (Å²) in [7, 11) is -2.16. The van der Waals surface area contributed by atoms with E-state index in [2.05, 4.69) is 6.92 Å². The van der Waals surface area contributed by atoms with Crippen molar-refractivity contribution >= 4 is 7.60 Å². The van der Waals surface area contributed by atoms with Crippen LogP contribution in [0.3, 0.4) is 0 Å². The van der Waals surface area contributed by atoms with Crippen LogP contribution >= 0.6 is 7.60 Å². The minimum Gasteiger partial charge on any atom is -0.362 e. The predicted octanol–water partition coefficient (Wildman–Crippen LogP) is 1.75. The summed E-state index contributed by atoms with van der Waals surface area (Å²) in [5, 5.41) is 0. The van der Waals surface area contributed by atoms with Gasteiger partial charge in [-0.1, -0.05) is 26.2 Å². The van der Waals surface area contributed by atoms with Crippen LogP contribution < -0.4 is 0 Å². The van der Waals surface area contributed by atoms with E-state index in [0.717, 1.165) is 19.3 Å². The van der Waals surface area contributed by atoms with Crippen LogP contribution in [-0.4, -0.2) is 39.1 Å². The summed E-state index contributed by atoms with van der Waals surface area (Å²) in [5.74, 6) is -0.666. The highest BCUT2D eigenvalue weighted by molar-refractivity contribution is 7.52. The van der Waals surface area contributed by atoms with Crippen molar-refractivity contribution in [3.05, 3.63) is 12.4 Å². The average molecular weight is 248 g/mol. The molecule has 1 heterocycles. The lowest BCUT2D eigenvalue weighted by Crippen LogP contribution is -2.32. The highest BCUT2D eigenvalue weighted by Gasteiger charge is 2.34. The third kappa shape index (κ3) is 3.81. The van der Waals surface area contributed by atoms with Crippen LogP contribution in [0.15, 0.2) is 12.4 Å². The van der Waals surface area contributed by atoms with Crippen molar-refractivity contribution in [2.75, 3.05) is 13.7 Å². The molecule has 0 spiro atoms. The molecule has 0 amide bonds. The maximum absolute atomic E-state index is 11.4. The van der Waals surface area contributed by atoms with Gasteiger partial charge in [-0.15, -0.1) is 0 Å². The quantitative estimate of drug-likeness (QED) is 0.554. The summed E-state index contributed by atoms with van der Waals surface area (Å²) in [6.07, 6.45) is 7.09. The van der Waals surface area contributed by atoms with Crippen LogP contribution in [0.4, 0.5) is 0 Å². The SMILES string of the molecule is CCCCCC(N1C=CN(C)C1)P(=O)(O)O. The highest BCUT2D eigenvalue weighted by Crippen LogP contribution is 2.46. The van der Waals surface area contributed by atoms with E-state index in [1.807, 2.05) is 18.1 Å². The molecule has 5 nitrogen and oxygen atoms in total. The lowest BCUT2D eigenvalue weighted by atomic mass is 10.2. The molecule has 94 valence electrons. The van der Waals surface area contributed by atoms with Gasteiger partial charge in [-0.3, -0.25) is 4.57 Å². The Bertz CT molecular complexity index is 290. The van der Waals surface area contributed by atoms with Gasteiger partial charge in [0.05, 0.1) is 6.67 Å². The van der Waals surface area contributed by atoms with Gasteiger partial charge in [0.2, 0.25) is 0 Å². The van der Waals surface area contributed by atoms with Gasteiger partial charge >= 0.3 is 7.60 Å². The zero-order valence-corrected chi connectivity index (χ0v) is 10.8. The Kier molecular flexibility index (Phi) is 4.84. The fourth-order valence-electron chi connectivity index (χ4n) is 1.85. The van der Waals surface area contributed by atoms with Crippen molar-refractivity contribution in [1.29, 1.82) is 0 Å². The van der Waals surface area contributed by atoms with Crippen molar-refractivity contribution < 1.29 is 14.4 Å². The molecule has 0 bridgehead atoms.